The molecule has 0 aliphatic carbocycles. The van der Waals surface area contributed by atoms with E-state index < -0.39 is 0 Å². The predicted octanol–water partition coefficient (Wildman–Crippen LogP) is 1.83. The molecule has 3 heterocycles. The molecule has 1 amide bonds. The van der Waals surface area contributed by atoms with Gasteiger partial charge in [0.05, 0.1) is 10.9 Å². The summed E-state index contributed by atoms with van der Waals surface area (Å²) in [5, 5.41) is 4.82. The number of rotatable bonds is 3. The van der Waals surface area contributed by atoms with E-state index in [1.54, 1.807) is 19.9 Å². The number of fused-ring (bicyclic) bond motifs is 3. The summed E-state index contributed by atoms with van der Waals surface area (Å²) in [7, 11) is 0. The first kappa shape index (κ1) is 15.9. The Labute approximate surface area is 148 Å². The number of hydrogen-bond acceptors (Lipinski definition) is 5. The Morgan fingerprint density at radius 1 is 1.15 bits per heavy atom. The first-order chi connectivity index (χ1) is 12.5. The summed E-state index contributed by atoms with van der Waals surface area (Å²) < 4.78 is 2.70. The molecule has 0 aliphatic heterocycles. The van der Waals surface area contributed by atoms with Crippen LogP contribution in [0.2, 0.25) is 0 Å². The highest BCUT2D eigenvalue weighted by atomic mass is 16.2. The summed E-state index contributed by atoms with van der Waals surface area (Å²) in [4.78, 5) is 33.2. The zero-order valence-corrected chi connectivity index (χ0v) is 14.2. The maximum atomic E-state index is 12.7. The van der Waals surface area contributed by atoms with Crippen LogP contribution in [0.25, 0.3) is 28.1 Å². The molecule has 0 bridgehead atoms. The average Bonchev–Trinajstić information content (AvgIpc) is 3.09. The van der Waals surface area contributed by atoms with Gasteiger partial charge in [-0.3, -0.25) is 15.0 Å². The molecule has 8 nitrogen and oxygen atoms in total. The van der Waals surface area contributed by atoms with Gasteiger partial charge in [-0.25, -0.2) is 9.66 Å². The van der Waals surface area contributed by atoms with E-state index in [0.29, 0.717) is 22.5 Å². The molecule has 130 valence electrons. The highest BCUT2D eigenvalue weighted by Gasteiger charge is 2.14. The van der Waals surface area contributed by atoms with Crippen molar-refractivity contribution in [2.45, 2.75) is 13.8 Å². The molecule has 0 saturated heterocycles. The van der Waals surface area contributed by atoms with Crippen LogP contribution in [-0.2, 0) is 4.79 Å². The van der Waals surface area contributed by atoms with Gasteiger partial charge in [-0.1, -0.05) is 44.2 Å². The predicted molar refractivity (Wildman–Crippen MR) is 97.2 cm³/mol. The zero-order chi connectivity index (χ0) is 18.3. The zero-order valence-electron chi connectivity index (χ0n) is 14.2. The highest BCUT2D eigenvalue weighted by molar-refractivity contribution is 5.86. The smallest absolute Gasteiger partial charge is 0.273 e. The van der Waals surface area contributed by atoms with Crippen molar-refractivity contribution >= 4 is 22.6 Å². The first-order valence-corrected chi connectivity index (χ1v) is 8.18. The molecular formula is C18H16N6O2. The summed E-state index contributed by atoms with van der Waals surface area (Å²) >= 11 is 0. The normalized spacial score (nSPS) is 11.3. The van der Waals surface area contributed by atoms with Gasteiger partial charge in [0.1, 0.15) is 0 Å². The molecule has 3 aromatic heterocycles. The fraction of sp³-hybridized carbons (Fsp3) is 0.167. The number of pyridine rings is 1. The molecule has 0 saturated carbocycles. The van der Waals surface area contributed by atoms with Crippen molar-refractivity contribution in [2.75, 3.05) is 5.43 Å². The minimum Gasteiger partial charge on any atom is -0.273 e. The van der Waals surface area contributed by atoms with Gasteiger partial charge in [-0.05, 0) is 6.07 Å². The van der Waals surface area contributed by atoms with Crippen molar-refractivity contribution in [2.24, 2.45) is 5.92 Å². The van der Waals surface area contributed by atoms with Crippen LogP contribution < -0.4 is 11.0 Å². The van der Waals surface area contributed by atoms with Crippen molar-refractivity contribution in [1.82, 2.24) is 24.3 Å². The molecule has 1 N–H and O–H groups in total. The van der Waals surface area contributed by atoms with Crippen molar-refractivity contribution in [1.29, 1.82) is 0 Å². The van der Waals surface area contributed by atoms with Crippen molar-refractivity contribution in [3.63, 3.8) is 0 Å². The lowest BCUT2D eigenvalue weighted by atomic mass is 10.2. The van der Waals surface area contributed by atoms with E-state index in [1.165, 1.54) is 16.9 Å². The van der Waals surface area contributed by atoms with E-state index in [1.807, 2.05) is 30.3 Å². The topological polar surface area (TPSA) is 94.2 Å². The molecule has 0 unspecified atom stereocenters. The van der Waals surface area contributed by atoms with Gasteiger partial charge in [0.15, 0.2) is 5.82 Å². The van der Waals surface area contributed by atoms with Gasteiger partial charge in [0, 0.05) is 23.9 Å². The number of amides is 1. The van der Waals surface area contributed by atoms with Gasteiger partial charge in [0.2, 0.25) is 5.91 Å². The van der Waals surface area contributed by atoms with E-state index in [2.05, 4.69) is 20.5 Å². The quantitative estimate of drug-likeness (QED) is 0.609. The molecule has 4 rings (SSSR count). The first-order valence-electron chi connectivity index (χ1n) is 8.18. The van der Waals surface area contributed by atoms with Gasteiger partial charge in [-0.2, -0.15) is 9.50 Å². The Kier molecular flexibility index (Phi) is 3.72. The van der Waals surface area contributed by atoms with Crippen LogP contribution in [-0.4, -0.2) is 30.2 Å². The third-order valence-electron chi connectivity index (χ3n) is 4.02. The van der Waals surface area contributed by atoms with Crippen LogP contribution >= 0.6 is 0 Å². The minimum absolute atomic E-state index is 0.234. The summed E-state index contributed by atoms with van der Waals surface area (Å²) in [5.74, 6) is 0.456. The highest BCUT2D eigenvalue weighted by Crippen LogP contribution is 2.17. The molecule has 0 spiro atoms. The average molecular weight is 348 g/mol. The number of hydrogen-bond donors (Lipinski definition) is 1. The van der Waals surface area contributed by atoms with Crippen LogP contribution in [0.1, 0.15) is 13.8 Å². The number of carbonyl (C=O) groups excluding carboxylic acids is 1. The second-order valence-corrected chi connectivity index (χ2v) is 6.19. The Hall–Kier alpha value is -3.55. The number of nitrogens with zero attached hydrogens (tertiary/aromatic N) is 5. The molecule has 0 aliphatic rings. The molecule has 8 heteroatoms. The van der Waals surface area contributed by atoms with Crippen molar-refractivity contribution in [3.05, 3.63) is 59.1 Å². The van der Waals surface area contributed by atoms with E-state index in [-0.39, 0.29) is 17.4 Å². The Morgan fingerprint density at radius 2 is 1.92 bits per heavy atom. The second kappa shape index (κ2) is 6.07. The van der Waals surface area contributed by atoms with Crippen LogP contribution in [0.3, 0.4) is 0 Å². The maximum Gasteiger partial charge on any atom is 0.280 e. The van der Waals surface area contributed by atoms with E-state index in [0.717, 1.165) is 10.2 Å². The Morgan fingerprint density at radius 3 is 2.65 bits per heavy atom. The van der Waals surface area contributed by atoms with E-state index in [9.17, 15) is 9.59 Å². The summed E-state index contributed by atoms with van der Waals surface area (Å²) in [6, 6.07) is 11.2. The Bertz CT molecular complexity index is 1180. The standard InChI is InChI=1S/C18H16N6O2/c1-11(2)16(25)22-23-9-8-14-13(17(23)26)10-19-18-20-15(21-24(14)18)12-6-4-3-5-7-12/h3-11H,1-2H3,(H,22,25). The van der Waals surface area contributed by atoms with Gasteiger partial charge >= 0.3 is 0 Å². The van der Waals surface area contributed by atoms with Gasteiger partial charge in [-0.15, -0.1) is 5.10 Å². The Balaban J connectivity index is 1.86. The summed E-state index contributed by atoms with van der Waals surface area (Å²) in [6.07, 6.45) is 2.96. The van der Waals surface area contributed by atoms with Crippen molar-refractivity contribution < 1.29 is 4.79 Å². The molecule has 26 heavy (non-hydrogen) atoms. The largest absolute Gasteiger partial charge is 0.280 e. The van der Waals surface area contributed by atoms with Gasteiger partial charge in [0.25, 0.3) is 11.3 Å². The maximum absolute atomic E-state index is 12.7. The monoisotopic (exact) mass is 348 g/mol. The van der Waals surface area contributed by atoms with Crippen molar-refractivity contribution in [3.8, 4) is 11.4 Å². The lowest BCUT2D eigenvalue weighted by molar-refractivity contribution is -0.119. The third kappa shape index (κ3) is 2.61. The second-order valence-electron chi connectivity index (χ2n) is 6.19. The number of benzene rings is 1. The number of aromatic nitrogens is 5. The third-order valence-corrected chi connectivity index (χ3v) is 4.02. The van der Waals surface area contributed by atoms with Crippen LogP contribution in [0.4, 0.5) is 0 Å². The minimum atomic E-state index is -0.373. The van der Waals surface area contributed by atoms with E-state index in [4.69, 9.17) is 0 Å². The molecule has 4 aromatic rings. The molecule has 0 atom stereocenters. The van der Waals surface area contributed by atoms with E-state index >= 15 is 0 Å². The number of nitrogens with one attached hydrogen (secondary N) is 1. The molecule has 0 radical (unpaired) electrons. The van der Waals surface area contributed by atoms with Crippen LogP contribution in [0, 0.1) is 5.92 Å². The molecule has 0 fully saturated rings. The lowest BCUT2D eigenvalue weighted by Gasteiger charge is -2.10. The molecular weight excluding hydrogens is 332 g/mol. The SMILES string of the molecule is CC(C)C(=O)Nn1ccc2c(cnc3nc(-c4ccccc4)nn32)c1=O. The lowest BCUT2D eigenvalue weighted by Crippen LogP contribution is -2.35. The number of carbonyl (C=O) groups is 1. The molecule has 1 aromatic carbocycles. The van der Waals surface area contributed by atoms with Crippen LogP contribution in [0.15, 0.2) is 53.6 Å². The van der Waals surface area contributed by atoms with Crippen LogP contribution in [0.5, 0.6) is 0 Å². The summed E-state index contributed by atoms with van der Waals surface area (Å²) in [6.45, 7) is 3.51. The fourth-order valence-electron chi connectivity index (χ4n) is 2.56. The fourth-order valence-corrected chi connectivity index (χ4v) is 2.56. The summed E-state index contributed by atoms with van der Waals surface area (Å²) in [5.41, 5.74) is 3.64. The van der Waals surface area contributed by atoms with Gasteiger partial charge < -0.3 is 0 Å².